The third-order valence-corrected chi connectivity index (χ3v) is 2.99. The molecule has 0 spiro atoms. The van der Waals surface area contributed by atoms with Gasteiger partial charge in [-0.3, -0.25) is 4.79 Å². The normalized spacial score (nSPS) is 11.9. The average Bonchev–Trinajstić information content (AvgIpc) is 2.77. The Labute approximate surface area is 109 Å². The van der Waals surface area contributed by atoms with Gasteiger partial charge < -0.3 is 19.9 Å². The molecule has 7 heteroatoms. The number of methoxy groups -OCH3 is 1. The number of carboxylic acid groups (broad SMARTS) is 1. The van der Waals surface area contributed by atoms with Crippen LogP contribution in [-0.4, -0.2) is 43.3 Å². The van der Waals surface area contributed by atoms with Gasteiger partial charge in [0.05, 0.1) is 6.61 Å². The summed E-state index contributed by atoms with van der Waals surface area (Å²) in [7, 11) is 1.54. The zero-order valence-electron chi connectivity index (χ0n) is 10.1. The fourth-order valence-electron chi connectivity index (χ4n) is 1.21. The molecular formula is C11H15NO5S. The molecule has 0 aliphatic rings. The molecule has 0 aromatic carbocycles. The maximum absolute atomic E-state index is 11.6. The Morgan fingerprint density at radius 1 is 1.56 bits per heavy atom. The number of hydrogen-bond acceptors (Lipinski definition) is 5. The molecule has 2 N–H and O–H groups in total. The first-order chi connectivity index (χ1) is 8.56. The molecule has 1 aromatic rings. The first-order valence-electron chi connectivity index (χ1n) is 5.30. The molecule has 18 heavy (non-hydrogen) atoms. The van der Waals surface area contributed by atoms with Gasteiger partial charge in [0.2, 0.25) is 0 Å². The number of aromatic carboxylic acids is 1. The zero-order chi connectivity index (χ0) is 13.5. The van der Waals surface area contributed by atoms with Crippen molar-refractivity contribution >= 4 is 23.2 Å². The first-order valence-corrected chi connectivity index (χ1v) is 6.18. The van der Waals surface area contributed by atoms with E-state index in [0.29, 0.717) is 13.2 Å². The van der Waals surface area contributed by atoms with Gasteiger partial charge in [0, 0.05) is 13.7 Å². The molecule has 1 amide bonds. The number of carbonyl (C=O) groups is 2. The number of thiophene rings is 1. The van der Waals surface area contributed by atoms with Crippen molar-refractivity contribution in [3.8, 4) is 5.75 Å². The Kier molecular flexibility index (Phi) is 5.60. The highest BCUT2D eigenvalue weighted by atomic mass is 32.1. The number of hydrogen-bond donors (Lipinski definition) is 2. The van der Waals surface area contributed by atoms with Crippen molar-refractivity contribution in [3.63, 3.8) is 0 Å². The molecule has 6 nitrogen and oxygen atoms in total. The Bertz CT molecular complexity index is 417. The van der Waals surface area contributed by atoms with E-state index in [4.69, 9.17) is 14.6 Å². The quantitative estimate of drug-likeness (QED) is 0.723. The van der Waals surface area contributed by atoms with E-state index in [9.17, 15) is 9.59 Å². The zero-order valence-corrected chi connectivity index (χ0v) is 11.0. The van der Waals surface area contributed by atoms with Crippen LogP contribution in [-0.2, 0) is 9.53 Å². The van der Waals surface area contributed by atoms with Gasteiger partial charge in [-0.15, -0.1) is 11.3 Å². The van der Waals surface area contributed by atoms with Gasteiger partial charge in [-0.25, -0.2) is 4.79 Å². The third-order valence-electron chi connectivity index (χ3n) is 2.10. The van der Waals surface area contributed by atoms with Crippen molar-refractivity contribution in [2.24, 2.45) is 0 Å². The predicted molar refractivity (Wildman–Crippen MR) is 66.3 cm³/mol. The van der Waals surface area contributed by atoms with Crippen LogP contribution in [0, 0.1) is 0 Å². The molecule has 0 aliphatic carbocycles. The van der Waals surface area contributed by atoms with E-state index in [-0.39, 0.29) is 16.5 Å². The molecule has 1 rings (SSSR count). The van der Waals surface area contributed by atoms with Gasteiger partial charge in [0.15, 0.2) is 11.0 Å². The molecule has 0 saturated heterocycles. The van der Waals surface area contributed by atoms with Crippen molar-refractivity contribution in [1.82, 2.24) is 5.32 Å². The second-order valence-electron chi connectivity index (χ2n) is 3.46. The van der Waals surface area contributed by atoms with E-state index in [1.54, 1.807) is 12.3 Å². The van der Waals surface area contributed by atoms with Crippen LogP contribution in [0.25, 0.3) is 0 Å². The Morgan fingerprint density at radius 3 is 2.89 bits per heavy atom. The summed E-state index contributed by atoms with van der Waals surface area (Å²) in [4.78, 5) is 22.5. The summed E-state index contributed by atoms with van der Waals surface area (Å²) in [6, 6.07) is 1.53. The van der Waals surface area contributed by atoms with Crippen LogP contribution in [0.4, 0.5) is 0 Å². The molecule has 100 valence electrons. The molecular weight excluding hydrogens is 258 g/mol. The second kappa shape index (κ2) is 6.97. The Hall–Kier alpha value is -1.60. The van der Waals surface area contributed by atoms with Gasteiger partial charge in [0.25, 0.3) is 5.91 Å². The summed E-state index contributed by atoms with van der Waals surface area (Å²) >= 11 is 1.06. The van der Waals surface area contributed by atoms with Gasteiger partial charge in [0.1, 0.15) is 5.75 Å². The minimum Gasteiger partial charge on any atom is -0.479 e. The van der Waals surface area contributed by atoms with Crippen LogP contribution in [0.2, 0.25) is 0 Å². The molecule has 1 atom stereocenters. The van der Waals surface area contributed by atoms with Crippen LogP contribution in [0.3, 0.4) is 0 Å². The van der Waals surface area contributed by atoms with E-state index in [1.807, 2.05) is 0 Å². The molecule has 1 aromatic heterocycles. The van der Waals surface area contributed by atoms with Crippen molar-refractivity contribution in [2.75, 3.05) is 20.3 Å². The highest BCUT2D eigenvalue weighted by Gasteiger charge is 2.19. The minimum absolute atomic E-state index is 0.0894. The molecule has 0 radical (unpaired) electrons. The summed E-state index contributed by atoms with van der Waals surface area (Å²) in [5.41, 5.74) is 0. The summed E-state index contributed by atoms with van der Waals surface area (Å²) in [6.07, 6.45) is -0.755. The maximum atomic E-state index is 11.6. The van der Waals surface area contributed by atoms with Crippen molar-refractivity contribution in [1.29, 1.82) is 0 Å². The number of rotatable bonds is 7. The van der Waals surface area contributed by atoms with Gasteiger partial charge in [-0.2, -0.15) is 0 Å². The van der Waals surface area contributed by atoms with Gasteiger partial charge in [-0.05, 0) is 18.4 Å². The second-order valence-corrected chi connectivity index (χ2v) is 4.38. The lowest BCUT2D eigenvalue weighted by atomic mass is 10.3. The van der Waals surface area contributed by atoms with Crippen LogP contribution >= 0.6 is 11.3 Å². The molecule has 1 unspecified atom stereocenters. The lowest BCUT2D eigenvalue weighted by Gasteiger charge is -2.14. The highest BCUT2D eigenvalue weighted by Crippen LogP contribution is 2.25. The van der Waals surface area contributed by atoms with E-state index < -0.39 is 12.1 Å². The van der Waals surface area contributed by atoms with Crippen LogP contribution < -0.4 is 10.1 Å². The van der Waals surface area contributed by atoms with E-state index in [0.717, 1.165) is 11.3 Å². The highest BCUT2D eigenvalue weighted by molar-refractivity contribution is 7.12. The van der Waals surface area contributed by atoms with Crippen molar-refractivity contribution in [3.05, 3.63) is 16.3 Å². The standard InChI is InChI=1S/C11H15NO5S/c1-7(10(13)12-4-5-16-2)17-8-3-6-18-9(8)11(14)15/h3,6-7H,4-5H2,1-2H3,(H,12,13)(H,14,15). The number of ether oxygens (including phenoxy) is 2. The first kappa shape index (κ1) is 14.5. The van der Waals surface area contributed by atoms with Crippen LogP contribution in [0.5, 0.6) is 5.75 Å². The smallest absolute Gasteiger partial charge is 0.349 e. The number of carbonyl (C=O) groups excluding carboxylic acids is 1. The van der Waals surface area contributed by atoms with Gasteiger partial charge in [-0.1, -0.05) is 0 Å². The average molecular weight is 273 g/mol. The Balaban J connectivity index is 2.53. The summed E-state index contributed by atoms with van der Waals surface area (Å²) in [5, 5.41) is 13.1. The van der Waals surface area contributed by atoms with Crippen molar-refractivity contribution < 1.29 is 24.2 Å². The Morgan fingerprint density at radius 2 is 2.28 bits per heavy atom. The largest absolute Gasteiger partial charge is 0.479 e. The maximum Gasteiger partial charge on any atom is 0.349 e. The van der Waals surface area contributed by atoms with E-state index >= 15 is 0 Å². The molecule has 0 bridgehead atoms. The van der Waals surface area contributed by atoms with Gasteiger partial charge >= 0.3 is 5.97 Å². The fourth-order valence-corrected chi connectivity index (χ4v) is 1.87. The molecule has 0 saturated carbocycles. The predicted octanol–water partition coefficient (Wildman–Crippen LogP) is 0.976. The third kappa shape index (κ3) is 4.01. The summed E-state index contributed by atoms with van der Waals surface area (Å²) in [6.45, 7) is 2.36. The van der Waals surface area contributed by atoms with E-state index in [1.165, 1.54) is 13.2 Å². The van der Waals surface area contributed by atoms with Crippen LogP contribution in [0.1, 0.15) is 16.6 Å². The lowest BCUT2D eigenvalue weighted by molar-refractivity contribution is -0.127. The van der Waals surface area contributed by atoms with E-state index in [2.05, 4.69) is 5.32 Å². The topological polar surface area (TPSA) is 84.9 Å². The molecule has 0 fully saturated rings. The number of carboxylic acids is 1. The number of nitrogens with one attached hydrogen (secondary N) is 1. The summed E-state index contributed by atoms with van der Waals surface area (Å²) in [5.74, 6) is -1.16. The van der Waals surface area contributed by atoms with Crippen molar-refractivity contribution in [2.45, 2.75) is 13.0 Å². The lowest BCUT2D eigenvalue weighted by Crippen LogP contribution is -2.38. The SMILES string of the molecule is COCCNC(=O)C(C)Oc1ccsc1C(=O)O. The molecule has 0 aliphatic heterocycles. The monoisotopic (exact) mass is 273 g/mol. The number of amides is 1. The molecule has 1 heterocycles. The fraction of sp³-hybridized carbons (Fsp3) is 0.455. The summed E-state index contributed by atoms with van der Waals surface area (Å²) < 4.78 is 10.1. The minimum atomic E-state index is -1.06. The van der Waals surface area contributed by atoms with Crippen LogP contribution in [0.15, 0.2) is 11.4 Å².